The molecule has 1 aliphatic rings. The number of carbonyl (C=O) groups excluding carboxylic acids is 2. The van der Waals surface area contributed by atoms with Crippen molar-refractivity contribution in [3.8, 4) is 5.75 Å². The van der Waals surface area contributed by atoms with Gasteiger partial charge in [-0.2, -0.15) is 0 Å². The minimum atomic E-state index is -0.693. The lowest BCUT2D eigenvalue weighted by Crippen LogP contribution is -2.54. The number of rotatable bonds is 3. The van der Waals surface area contributed by atoms with Gasteiger partial charge in [0.25, 0.3) is 5.91 Å². The molecule has 2 rings (SSSR count). The third-order valence-corrected chi connectivity index (χ3v) is 4.32. The molecule has 1 atom stereocenters. The lowest BCUT2D eigenvalue weighted by Gasteiger charge is -2.36. The van der Waals surface area contributed by atoms with Gasteiger partial charge >= 0.3 is 6.09 Å². The predicted octanol–water partition coefficient (Wildman–Crippen LogP) is 3.84. The molecular weight excluding hydrogens is 379 g/mol. The zero-order valence-corrected chi connectivity index (χ0v) is 16.9. The van der Waals surface area contributed by atoms with Crippen molar-refractivity contribution in [2.24, 2.45) is 0 Å². The third-order valence-electron chi connectivity index (χ3n) is 3.79. The number of hydrogen-bond donors (Lipinski definition) is 0. The van der Waals surface area contributed by atoms with Crippen LogP contribution in [-0.4, -0.2) is 59.7 Å². The van der Waals surface area contributed by atoms with E-state index in [0.29, 0.717) is 42.0 Å². The molecule has 0 saturated carbocycles. The van der Waals surface area contributed by atoms with E-state index in [9.17, 15) is 9.59 Å². The number of ether oxygens (including phenoxy) is 2. The van der Waals surface area contributed by atoms with Crippen LogP contribution in [0.4, 0.5) is 4.79 Å². The van der Waals surface area contributed by atoms with Gasteiger partial charge in [0.05, 0.1) is 5.02 Å². The van der Waals surface area contributed by atoms with E-state index in [1.165, 1.54) is 0 Å². The van der Waals surface area contributed by atoms with Crippen molar-refractivity contribution >= 4 is 35.2 Å². The molecule has 144 valence electrons. The molecule has 1 heterocycles. The first-order chi connectivity index (χ1) is 12.1. The van der Waals surface area contributed by atoms with E-state index in [0.717, 1.165) is 0 Å². The molecule has 6 nitrogen and oxygen atoms in total. The molecule has 0 N–H and O–H groups in total. The monoisotopic (exact) mass is 402 g/mol. The fraction of sp³-hybridized carbons (Fsp3) is 0.556. The van der Waals surface area contributed by atoms with Crippen molar-refractivity contribution in [1.29, 1.82) is 0 Å². The SMILES string of the molecule is CC(Oc1ccc(Cl)cc1Cl)C(=O)N1CCN(C(=O)OC(C)(C)C)CC1. The second kappa shape index (κ2) is 8.35. The van der Waals surface area contributed by atoms with E-state index in [4.69, 9.17) is 32.7 Å². The average molecular weight is 403 g/mol. The fourth-order valence-electron chi connectivity index (χ4n) is 2.50. The van der Waals surface area contributed by atoms with Crippen molar-refractivity contribution in [3.63, 3.8) is 0 Å². The summed E-state index contributed by atoms with van der Waals surface area (Å²) in [6.07, 6.45) is -1.05. The van der Waals surface area contributed by atoms with Crippen LogP contribution < -0.4 is 4.74 Å². The Morgan fingerprint density at radius 1 is 1.08 bits per heavy atom. The molecule has 1 aromatic rings. The van der Waals surface area contributed by atoms with Crippen LogP contribution in [-0.2, 0) is 9.53 Å². The second-order valence-electron chi connectivity index (χ2n) is 7.13. The summed E-state index contributed by atoms with van der Waals surface area (Å²) in [5.41, 5.74) is -0.537. The first kappa shape index (κ1) is 20.6. The van der Waals surface area contributed by atoms with Gasteiger partial charge in [0.15, 0.2) is 6.10 Å². The Bertz CT molecular complexity index is 668. The molecule has 26 heavy (non-hydrogen) atoms. The molecule has 8 heteroatoms. The molecule has 1 saturated heterocycles. The number of nitrogens with zero attached hydrogens (tertiary/aromatic N) is 2. The Labute approximate surface area is 163 Å². The average Bonchev–Trinajstić information content (AvgIpc) is 2.55. The number of carbonyl (C=O) groups is 2. The zero-order valence-electron chi connectivity index (χ0n) is 15.4. The van der Waals surface area contributed by atoms with Gasteiger partial charge in [-0.25, -0.2) is 4.79 Å². The lowest BCUT2D eigenvalue weighted by molar-refractivity contribution is -0.139. The molecule has 1 unspecified atom stereocenters. The van der Waals surface area contributed by atoms with Gasteiger partial charge in [-0.15, -0.1) is 0 Å². The van der Waals surface area contributed by atoms with Crippen molar-refractivity contribution < 1.29 is 19.1 Å². The summed E-state index contributed by atoms with van der Waals surface area (Å²) in [6.45, 7) is 8.86. The van der Waals surface area contributed by atoms with Crippen molar-refractivity contribution in [2.45, 2.75) is 39.4 Å². The summed E-state index contributed by atoms with van der Waals surface area (Å²) in [5, 5.41) is 0.853. The summed E-state index contributed by atoms with van der Waals surface area (Å²) >= 11 is 11.9. The summed E-state index contributed by atoms with van der Waals surface area (Å²) in [4.78, 5) is 27.9. The molecule has 0 radical (unpaired) electrons. The number of amides is 2. The lowest BCUT2D eigenvalue weighted by atomic mass is 10.2. The third kappa shape index (κ3) is 5.68. The zero-order chi connectivity index (χ0) is 19.5. The smallest absolute Gasteiger partial charge is 0.410 e. The van der Waals surface area contributed by atoms with E-state index in [1.807, 2.05) is 20.8 Å². The number of benzene rings is 1. The van der Waals surface area contributed by atoms with Crippen LogP contribution in [0.15, 0.2) is 18.2 Å². The van der Waals surface area contributed by atoms with Crippen LogP contribution in [0.1, 0.15) is 27.7 Å². The summed E-state index contributed by atoms with van der Waals surface area (Å²) < 4.78 is 11.0. The van der Waals surface area contributed by atoms with Gasteiger partial charge in [0, 0.05) is 31.2 Å². The quantitative estimate of drug-likeness (QED) is 0.770. The fourth-order valence-corrected chi connectivity index (χ4v) is 2.96. The first-order valence-corrected chi connectivity index (χ1v) is 9.21. The highest BCUT2D eigenvalue weighted by Crippen LogP contribution is 2.28. The number of piperazine rings is 1. The van der Waals surface area contributed by atoms with Gasteiger partial charge < -0.3 is 19.3 Å². The van der Waals surface area contributed by atoms with Gasteiger partial charge in [0.1, 0.15) is 11.4 Å². The summed E-state index contributed by atoms with van der Waals surface area (Å²) in [6, 6.07) is 4.85. The Morgan fingerprint density at radius 3 is 2.19 bits per heavy atom. The van der Waals surface area contributed by atoms with Crippen molar-refractivity contribution in [3.05, 3.63) is 28.2 Å². The summed E-state index contributed by atoms with van der Waals surface area (Å²) in [5.74, 6) is 0.254. The Kier molecular flexibility index (Phi) is 6.64. The Hall–Kier alpha value is -1.66. The highest BCUT2D eigenvalue weighted by molar-refractivity contribution is 6.35. The normalized spacial score (nSPS) is 16.2. The van der Waals surface area contributed by atoms with Crippen molar-refractivity contribution in [1.82, 2.24) is 9.80 Å². The first-order valence-electron chi connectivity index (χ1n) is 8.45. The van der Waals surface area contributed by atoms with Gasteiger partial charge in [0.2, 0.25) is 0 Å². The molecule has 1 aliphatic heterocycles. The largest absolute Gasteiger partial charge is 0.479 e. The number of halogens is 2. The van der Waals surface area contributed by atoms with E-state index in [2.05, 4.69) is 0 Å². The maximum atomic E-state index is 12.6. The van der Waals surface area contributed by atoms with Gasteiger partial charge in [-0.1, -0.05) is 23.2 Å². The van der Waals surface area contributed by atoms with Crippen molar-refractivity contribution in [2.75, 3.05) is 26.2 Å². The standard InChI is InChI=1S/C18H24Cl2N2O4/c1-12(25-15-6-5-13(19)11-14(15)20)16(23)21-7-9-22(10-8-21)17(24)26-18(2,3)4/h5-6,11-12H,7-10H2,1-4H3. The molecule has 1 fully saturated rings. The van der Waals surface area contributed by atoms with Crippen LogP contribution in [0.5, 0.6) is 5.75 Å². The number of hydrogen-bond acceptors (Lipinski definition) is 4. The molecular formula is C18H24Cl2N2O4. The minimum absolute atomic E-state index is 0.153. The Balaban J connectivity index is 1.88. The van der Waals surface area contributed by atoms with Crippen LogP contribution in [0.3, 0.4) is 0 Å². The van der Waals surface area contributed by atoms with Gasteiger partial charge in [-0.05, 0) is 45.9 Å². The van der Waals surface area contributed by atoms with E-state index in [-0.39, 0.29) is 12.0 Å². The topological polar surface area (TPSA) is 59.1 Å². The van der Waals surface area contributed by atoms with E-state index >= 15 is 0 Å². The molecule has 2 amide bonds. The molecule has 0 aliphatic carbocycles. The van der Waals surface area contributed by atoms with Crippen LogP contribution >= 0.6 is 23.2 Å². The van der Waals surface area contributed by atoms with Gasteiger partial charge in [-0.3, -0.25) is 4.79 Å². The van der Waals surface area contributed by atoms with Crippen LogP contribution in [0.2, 0.25) is 10.0 Å². The van der Waals surface area contributed by atoms with Crippen LogP contribution in [0, 0.1) is 0 Å². The Morgan fingerprint density at radius 2 is 1.65 bits per heavy atom. The second-order valence-corrected chi connectivity index (χ2v) is 7.97. The highest BCUT2D eigenvalue weighted by atomic mass is 35.5. The maximum absolute atomic E-state index is 12.6. The predicted molar refractivity (Wildman–Crippen MR) is 101 cm³/mol. The highest BCUT2D eigenvalue weighted by Gasteiger charge is 2.30. The van der Waals surface area contributed by atoms with E-state index < -0.39 is 11.7 Å². The molecule has 0 spiro atoms. The molecule has 0 bridgehead atoms. The summed E-state index contributed by atoms with van der Waals surface area (Å²) in [7, 11) is 0. The maximum Gasteiger partial charge on any atom is 0.410 e. The molecule has 1 aromatic carbocycles. The van der Waals surface area contributed by atoms with E-state index in [1.54, 1.807) is 34.9 Å². The minimum Gasteiger partial charge on any atom is -0.479 e. The van der Waals surface area contributed by atoms with Crippen LogP contribution in [0.25, 0.3) is 0 Å². The molecule has 0 aromatic heterocycles.